The third kappa shape index (κ3) is 2.42. The number of carbonyl (C=O) groups excluding carboxylic acids is 1. The molecule has 4 heteroatoms. The molecular weight excluding hydrogens is 216 g/mol. The van der Waals surface area contributed by atoms with Gasteiger partial charge in [0.15, 0.2) is 0 Å². The van der Waals surface area contributed by atoms with Crippen LogP contribution in [0, 0.1) is 0 Å². The minimum Gasteiger partial charge on any atom is -0.396 e. The molecule has 1 fully saturated rings. The number of para-hydroxylation sites is 1. The molecule has 1 aliphatic rings. The Labute approximate surface area is 101 Å². The van der Waals surface area contributed by atoms with Crippen molar-refractivity contribution >= 4 is 11.6 Å². The Hall–Kier alpha value is -1.55. The average Bonchev–Trinajstić information content (AvgIpc) is 2.35. The molecule has 1 aromatic rings. The predicted octanol–water partition coefficient (Wildman–Crippen LogP) is 0.762. The third-order valence-corrected chi connectivity index (χ3v) is 3.14. The molecule has 1 amide bonds. The molecule has 0 saturated carbocycles. The van der Waals surface area contributed by atoms with Crippen LogP contribution in [0.2, 0.25) is 0 Å². The summed E-state index contributed by atoms with van der Waals surface area (Å²) >= 11 is 0. The average molecular weight is 234 g/mol. The first-order valence-corrected chi connectivity index (χ1v) is 5.96. The van der Waals surface area contributed by atoms with E-state index in [0.29, 0.717) is 13.0 Å². The van der Waals surface area contributed by atoms with E-state index in [-0.39, 0.29) is 24.6 Å². The van der Waals surface area contributed by atoms with E-state index in [9.17, 15) is 4.79 Å². The molecule has 2 atom stereocenters. The molecule has 0 spiro atoms. The van der Waals surface area contributed by atoms with Gasteiger partial charge in [-0.05, 0) is 25.5 Å². The number of aliphatic hydroxyl groups excluding tert-OH is 1. The summed E-state index contributed by atoms with van der Waals surface area (Å²) in [4.78, 5) is 13.9. The van der Waals surface area contributed by atoms with Gasteiger partial charge in [0.05, 0.1) is 0 Å². The van der Waals surface area contributed by atoms with Crippen molar-refractivity contribution in [2.45, 2.75) is 25.4 Å². The summed E-state index contributed by atoms with van der Waals surface area (Å²) in [6.45, 7) is 2.75. The van der Waals surface area contributed by atoms with Gasteiger partial charge < -0.3 is 15.3 Å². The van der Waals surface area contributed by atoms with E-state index < -0.39 is 0 Å². The second-order valence-corrected chi connectivity index (χ2v) is 4.37. The molecule has 0 radical (unpaired) electrons. The van der Waals surface area contributed by atoms with Crippen molar-refractivity contribution in [1.29, 1.82) is 0 Å². The number of hydrogen-bond donors (Lipinski definition) is 2. The number of hydrogen-bond acceptors (Lipinski definition) is 3. The molecule has 1 aromatic carbocycles. The number of aliphatic hydroxyl groups is 1. The summed E-state index contributed by atoms with van der Waals surface area (Å²) in [7, 11) is 0. The highest BCUT2D eigenvalue weighted by Crippen LogP contribution is 2.23. The SMILES string of the molecule is CC1CNC(=O)C(CCO)N1c1ccccc1. The highest BCUT2D eigenvalue weighted by Gasteiger charge is 2.33. The van der Waals surface area contributed by atoms with Crippen LogP contribution in [0.15, 0.2) is 30.3 Å². The fourth-order valence-electron chi connectivity index (χ4n) is 2.32. The Balaban J connectivity index is 2.28. The van der Waals surface area contributed by atoms with Gasteiger partial charge in [-0.1, -0.05) is 18.2 Å². The smallest absolute Gasteiger partial charge is 0.242 e. The van der Waals surface area contributed by atoms with Gasteiger partial charge in [0, 0.05) is 24.9 Å². The summed E-state index contributed by atoms with van der Waals surface area (Å²) < 4.78 is 0. The number of benzene rings is 1. The Morgan fingerprint density at radius 3 is 2.76 bits per heavy atom. The second kappa shape index (κ2) is 5.19. The summed E-state index contributed by atoms with van der Waals surface area (Å²) in [5, 5.41) is 12.0. The molecular formula is C13H18N2O2. The van der Waals surface area contributed by atoms with Gasteiger partial charge in [-0.3, -0.25) is 4.79 Å². The summed E-state index contributed by atoms with van der Waals surface area (Å²) in [5.41, 5.74) is 1.04. The largest absolute Gasteiger partial charge is 0.396 e. The molecule has 1 heterocycles. The van der Waals surface area contributed by atoms with Crippen molar-refractivity contribution in [2.24, 2.45) is 0 Å². The van der Waals surface area contributed by atoms with Crippen LogP contribution >= 0.6 is 0 Å². The van der Waals surface area contributed by atoms with Gasteiger partial charge in [-0.25, -0.2) is 0 Å². The van der Waals surface area contributed by atoms with Crippen molar-refractivity contribution < 1.29 is 9.90 Å². The lowest BCUT2D eigenvalue weighted by Crippen LogP contribution is -2.60. The number of amides is 1. The third-order valence-electron chi connectivity index (χ3n) is 3.14. The van der Waals surface area contributed by atoms with Crippen LogP contribution in [0.4, 0.5) is 5.69 Å². The van der Waals surface area contributed by atoms with Crippen LogP contribution in [0.5, 0.6) is 0 Å². The normalized spacial score (nSPS) is 24.6. The summed E-state index contributed by atoms with van der Waals surface area (Å²) in [6.07, 6.45) is 0.463. The van der Waals surface area contributed by atoms with Crippen LogP contribution in [-0.2, 0) is 4.79 Å². The maximum atomic E-state index is 11.8. The first kappa shape index (κ1) is 11.9. The van der Waals surface area contributed by atoms with Crippen molar-refractivity contribution in [3.8, 4) is 0 Å². The molecule has 1 saturated heterocycles. The number of nitrogens with one attached hydrogen (secondary N) is 1. The summed E-state index contributed by atoms with van der Waals surface area (Å²) in [5.74, 6) is 0.000929. The van der Waals surface area contributed by atoms with E-state index in [0.717, 1.165) is 5.69 Å². The Morgan fingerprint density at radius 1 is 1.41 bits per heavy atom. The first-order chi connectivity index (χ1) is 8.24. The number of anilines is 1. The predicted molar refractivity (Wildman–Crippen MR) is 66.9 cm³/mol. The molecule has 2 unspecified atom stereocenters. The fourth-order valence-corrected chi connectivity index (χ4v) is 2.32. The molecule has 17 heavy (non-hydrogen) atoms. The van der Waals surface area contributed by atoms with Gasteiger partial charge in [0.25, 0.3) is 0 Å². The van der Waals surface area contributed by atoms with Crippen LogP contribution in [-0.4, -0.2) is 36.2 Å². The quantitative estimate of drug-likeness (QED) is 0.812. The number of piperazine rings is 1. The monoisotopic (exact) mass is 234 g/mol. The Morgan fingerprint density at radius 2 is 2.12 bits per heavy atom. The van der Waals surface area contributed by atoms with E-state index >= 15 is 0 Å². The topological polar surface area (TPSA) is 52.6 Å². The van der Waals surface area contributed by atoms with Crippen molar-refractivity contribution in [2.75, 3.05) is 18.1 Å². The van der Waals surface area contributed by atoms with E-state index in [4.69, 9.17) is 5.11 Å². The van der Waals surface area contributed by atoms with Crippen molar-refractivity contribution in [1.82, 2.24) is 5.32 Å². The van der Waals surface area contributed by atoms with Crippen LogP contribution in [0.1, 0.15) is 13.3 Å². The maximum Gasteiger partial charge on any atom is 0.242 e. The van der Waals surface area contributed by atoms with E-state index in [1.165, 1.54) is 0 Å². The molecule has 1 aliphatic heterocycles. The molecule has 2 N–H and O–H groups in total. The fraction of sp³-hybridized carbons (Fsp3) is 0.462. The lowest BCUT2D eigenvalue weighted by Gasteiger charge is -2.41. The molecule has 4 nitrogen and oxygen atoms in total. The zero-order chi connectivity index (χ0) is 12.3. The highest BCUT2D eigenvalue weighted by molar-refractivity contribution is 5.86. The maximum absolute atomic E-state index is 11.8. The van der Waals surface area contributed by atoms with Gasteiger partial charge >= 0.3 is 0 Å². The lowest BCUT2D eigenvalue weighted by molar-refractivity contribution is -0.124. The van der Waals surface area contributed by atoms with Gasteiger partial charge in [-0.2, -0.15) is 0 Å². The zero-order valence-electron chi connectivity index (χ0n) is 9.97. The lowest BCUT2D eigenvalue weighted by atomic mass is 10.0. The van der Waals surface area contributed by atoms with Gasteiger partial charge in [0.1, 0.15) is 6.04 Å². The van der Waals surface area contributed by atoms with Crippen molar-refractivity contribution in [3.63, 3.8) is 0 Å². The van der Waals surface area contributed by atoms with Gasteiger partial charge in [-0.15, -0.1) is 0 Å². The second-order valence-electron chi connectivity index (χ2n) is 4.37. The Kier molecular flexibility index (Phi) is 3.64. The first-order valence-electron chi connectivity index (χ1n) is 5.96. The molecule has 92 valence electrons. The van der Waals surface area contributed by atoms with Gasteiger partial charge in [0.2, 0.25) is 5.91 Å². The van der Waals surface area contributed by atoms with Crippen molar-refractivity contribution in [3.05, 3.63) is 30.3 Å². The summed E-state index contributed by atoms with van der Waals surface area (Å²) in [6, 6.07) is 9.85. The minimum absolute atomic E-state index is 0.000929. The zero-order valence-corrected chi connectivity index (χ0v) is 9.97. The van der Waals surface area contributed by atoms with Crippen LogP contribution in [0.25, 0.3) is 0 Å². The standard InChI is InChI=1S/C13H18N2O2/c1-10-9-14-13(17)12(7-8-16)15(10)11-5-3-2-4-6-11/h2-6,10,12,16H,7-9H2,1H3,(H,14,17). The molecule has 0 bridgehead atoms. The number of carbonyl (C=O) groups is 1. The minimum atomic E-state index is -0.272. The Bertz CT molecular complexity index is 380. The van der Waals surface area contributed by atoms with Crippen LogP contribution < -0.4 is 10.2 Å². The van der Waals surface area contributed by atoms with E-state index in [2.05, 4.69) is 17.1 Å². The number of rotatable bonds is 3. The molecule has 0 aromatic heterocycles. The molecule has 0 aliphatic carbocycles. The highest BCUT2D eigenvalue weighted by atomic mass is 16.3. The number of nitrogens with zero attached hydrogens (tertiary/aromatic N) is 1. The van der Waals surface area contributed by atoms with Crippen LogP contribution in [0.3, 0.4) is 0 Å². The van der Waals surface area contributed by atoms with E-state index in [1.807, 2.05) is 30.3 Å². The van der Waals surface area contributed by atoms with E-state index in [1.54, 1.807) is 0 Å². The molecule has 2 rings (SSSR count).